The fourth-order valence-electron chi connectivity index (χ4n) is 2.58. The molecule has 4 nitrogen and oxygen atoms in total. The van der Waals surface area contributed by atoms with Crippen molar-refractivity contribution in [1.82, 2.24) is 14.5 Å². The maximum absolute atomic E-state index is 5.90. The summed E-state index contributed by atoms with van der Waals surface area (Å²) < 4.78 is 2.20. The molecule has 2 heterocycles. The predicted molar refractivity (Wildman–Crippen MR) is 86.2 cm³/mol. The van der Waals surface area contributed by atoms with Crippen LogP contribution in [-0.4, -0.2) is 21.1 Å². The number of hydrogen-bond donors (Lipinski definition) is 1. The fourth-order valence-corrected chi connectivity index (χ4v) is 2.58. The van der Waals surface area contributed by atoms with Crippen LogP contribution in [0.2, 0.25) is 0 Å². The van der Waals surface area contributed by atoms with Gasteiger partial charge in [-0.15, -0.1) is 0 Å². The molecule has 0 saturated heterocycles. The predicted octanol–water partition coefficient (Wildman–Crippen LogP) is 3.23. The van der Waals surface area contributed by atoms with Crippen LogP contribution in [-0.2, 0) is 0 Å². The second-order valence-electron chi connectivity index (χ2n) is 5.53. The van der Waals surface area contributed by atoms with Crippen LogP contribution in [0.3, 0.4) is 0 Å². The van der Waals surface area contributed by atoms with Gasteiger partial charge >= 0.3 is 0 Å². The van der Waals surface area contributed by atoms with Crippen molar-refractivity contribution >= 4 is 11.0 Å². The fraction of sp³-hybridized carbons (Fsp3) is 0.294. The Morgan fingerprint density at radius 2 is 1.95 bits per heavy atom. The van der Waals surface area contributed by atoms with Crippen LogP contribution in [0.15, 0.2) is 36.5 Å². The Kier molecular flexibility index (Phi) is 3.47. The molecular weight excluding hydrogens is 260 g/mol. The molecule has 0 fully saturated rings. The number of fused-ring (bicyclic) bond motifs is 1. The molecule has 2 N–H and O–H groups in total. The van der Waals surface area contributed by atoms with E-state index in [1.165, 1.54) is 11.1 Å². The van der Waals surface area contributed by atoms with Crippen molar-refractivity contribution < 1.29 is 0 Å². The molecule has 0 aliphatic rings. The Balaban J connectivity index is 2.33. The maximum atomic E-state index is 5.90. The van der Waals surface area contributed by atoms with E-state index in [1.54, 1.807) is 6.20 Å². The van der Waals surface area contributed by atoms with Gasteiger partial charge in [0.2, 0.25) is 0 Å². The molecule has 3 aromatic rings. The Morgan fingerprint density at radius 3 is 2.62 bits per heavy atom. The van der Waals surface area contributed by atoms with Crippen LogP contribution >= 0.6 is 0 Å². The highest BCUT2D eigenvalue weighted by molar-refractivity contribution is 5.82. The molecule has 0 saturated carbocycles. The van der Waals surface area contributed by atoms with Crippen LogP contribution in [0.4, 0.5) is 0 Å². The Bertz CT molecular complexity index is 774. The van der Waals surface area contributed by atoms with Crippen LogP contribution in [0.1, 0.15) is 24.1 Å². The molecular formula is C17H20N4. The third-order valence-electron chi connectivity index (χ3n) is 3.98. The topological polar surface area (TPSA) is 56.7 Å². The number of nitrogens with zero attached hydrogens (tertiary/aromatic N) is 3. The second-order valence-corrected chi connectivity index (χ2v) is 5.53. The van der Waals surface area contributed by atoms with Gasteiger partial charge in [-0.05, 0) is 56.2 Å². The first-order chi connectivity index (χ1) is 10.1. The second kappa shape index (κ2) is 5.30. The van der Waals surface area contributed by atoms with Gasteiger partial charge in [0.05, 0.1) is 11.0 Å². The summed E-state index contributed by atoms with van der Waals surface area (Å²) in [6.45, 7) is 6.92. The molecule has 21 heavy (non-hydrogen) atoms. The maximum Gasteiger partial charge on any atom is 0.160 e. The lowest BCUT2D eigenvalue weighted by Crippen LogP contribution is -2.17. The van der Waals surface area contributed by atoms with Crippen molar-refractivity contribution in [2.24, 2.45) is 5.73 Å². The molecule has 0 bridgehead atoms. The molecule has 0 radical (unpaired) electrons. The van der Waals surface area contributed by atoms with Crippen molar-refractivity contribution in [1.29, 1.82) is 0 Å². The summed E-state index contributed by atoms with van der Waals surface area (Å²) in [6, 6.07) is 10.4. The van der Waals surface area contributed by atoms with Gasteiger partial charge in [0.15, 0.2) is 5.82 Å². The van der Waals surface area contributed by atoms with Gasteiger partial charge in [-0.25, -0.2) is 4.98 Å². The molecule has 108 valence electrons. The highest BCUT2D eigenvalue weighted by atomic mass is 15.1. The number of hydrogen-bond acceptors (Lipinski definition) is 3. The highest BCUT2D eigenvalue weighted by Crippen LogP contribution is 2.28. The zero-order valence-corrected chi connectivity index (χ0v) is 12.7. The van der Waals surface area contributed by atoms with Crippen LogP contribution < -0.4 is 5.73 Å². The largest absolute Gasteiger partial charge is 0.328 e. The van der Waals surface area contributed by atoms with E-state index in [0.29, 0.717) is 6.54 Å². The third kappa shape index (κ3) is 2.32. The standard InChI is InChI=1S/C17H20N4/c1-11-8-15-16(9-12(11)2)21(13(3)10-18)17(20-15)14-6-4-5-7-19-14/h4-9,13H,10,18H2,1-3H3. The molecule has 0 aliphatic carbocycles. The quantitative estimate of drug-likeness (QED) is 0.801. The van der Waals surface area contributed by atoms with E-state index in [2.05, 4.69) is 42.5 Å². The van der Waals surface area contributed by atoms with E-state index in [-0.39, 0.29) is 6.04 Å². The summed E-state index contributed by atoms with van der Waals surface area (Å²) >= 11 is 0. The number of nitrogens with two attached hydrogens (primary N) is 1. The molecule has 1 aromatic carbocycles. The molecule has 4 heteroatoms. The minimum atomic E-state index is 0.175. The van der Waals surface area contributed by atoms with Crippen molar-refractivity contribution in [3.05, 3.63) is 47.7 Å². The summed E-state index contributed by atoms with van der Waals surface area (Å²) in [7, 11) is 0. The van der Waals surface area contributed by atoms with Crippen molar-refractivity contribution in [3.8, 4) is 11.5 Å². The lowest BCUT2D eigenvalue weighted by molar-refractivity contribution is 0.578. The highest BCUT2D eigenvalue weighted by Gasteiger charge is 2.17. The Labute approximate surface area is 124 Å². The summed E-state index contributed by atoms with van der Waals surface area (Å²) in [4.78, 5) is 9.24. The first kappa shape index (κ1) is 13.8. The normalized spacial score (nSPS) is 12.8. The zero-order valence-electron chi connectivity index (χ0n) is 12.7. The average molecular weight is 280 g/mol. The van der Waals surface area contributed by atoms with E-state index in [4.69, 9.17) is 10.7 Å². The first-order valence-corrected chi connectivity index (χ1v) is 7.22. The van der Waals surface area contributed by atoms with Gasteiger partial charge in [0.1, 0.15) is 5.69 Å². The minimum absolute atomic E-state index is 0.175. The van der Waals surface area contributed by atoms with Gasteiger partial charge in [-0.1, -0.05) is 6.07 Å². The lowest BCUT2D eigenvalue weighted by atomic mass is 10.1. The number of imidazole rings is 1. The van der Waals surface area contributed by atoms with E-state index in [1.807, 2.05) is 18.2 Å². The lowest BCUT2D eigenvalue weighted by Gasteiger charge is -2.15. The number of aromatic nitrogens is 3. The van der Waals surface area contributed by atoms with Crippen molar-refractivity contribution in [2.75, 3.05) is 6.54 Å². The minimum Gasteiger partial charge on any atom is -0.328 e. The molecule has 1 atom stereocenters. The van der Waals surface area contributed by atoms with E-state index in [9.17, 15) is 0 Å². The van der Waals surface area contributed by atoms with Gasteiger partial charge < -0.3 is 10.3 Å². The summed E-state index contributed by atoms with van der Waals surface area (Å²) in [5, 5.41) is 0. The SMILES string of the molecule is Cc1cc2nc(-c3ccccn3)n(C(C)CN)c2cc1C. The van der Waals surface area contributed by atoms with E-state index < -0.39 is 0 Å². The number of aryl methyl sites for hydroxylation is 2. The number of rotatable bonds is 3. The van der Waals surface area contributed by atoms with Gasteiger partial charge in [-0.2, -0.15) is 0 Å². The van der Waals surface area contributed by atoms with E-state index in [0.717, 1.165) is 22.6 Å². The smallest absolute Gasteiger partial charge is 0.160 e. The molecule has 0 spiro atoms. The molecule has 0 aliphatic heterocycles. The van der Waals surface area contributed by atoms with Gasteiger partial charge in [0.25, 0.3) is 0 Å². The third-order valence-corrected chi connectivity index (χ3v) is 3.98. The first-order valence-electron chi connectivity index (χ1n) is 7.22. The summed E-state index contributed by atoms with van der Waals surface area (Å²) in [6.07, 6.45) is 1.79. The van der Waals surface area contributed by atoms with E-state index >= 15 is 0 Å². The summed E-state index contributed by atoms with van der Waals surface area (Å²) in [5.41, 5.74) is 11.4. The Morgan fingerprint density at radius 1 is 1.19 bits per heavy atom. The van der Waals surface area contributed by atoms with Crippen LogP contribution in [0.5, 0.6) is 0 Å². The number of benzene rings is 1. The molecule has 0 amide bonds. The number of pyridine rings is 1. The molecule has 3 rings (SSSR count). The average Bonchev–Trinajstić information content (AvgIpc) is 2.86. The molecule has 2 aromatic heterocycles. The molecule has 1 unspecified atom stereocenters. The van der Waals surface area contributed by atoms with Crippen LogP contribution in [0.25, 0.3) is 22.6 Å². The monoisotopic (exact) mass is 280 g/mol. The zero-order chi connectivity index (χ0) is 15.0. The summed E-state index contributed by atoms with van der Waals surface area (Å²) in [5.74, 6) is 0.883. The van der Waals surface area contributed by atoms with Crippen molar-refractivity contribution in [2.45, 2.75) is 26.8 Å². The van der Waals surface area contributed by atoms with Crippen LogP contribution in [0, 0.1) is 13.8 Å². The Hall–Kier alpha value is -2.20. The van der Waals surface area contributed by atoms with Gasteiger partial charge in [0, 0.05) is 18.8 Å². The van der Waals surface area contributed by atoms with Gasteiger partial charge in [-0.3, -0.25) is 4.98 Å². The van der Waals surface area contributed by atoms with Crippen molar-refractivity contribution in [3.63, 3.8) is 0 Å².